The molecule has 6 nitrogen and oxygen atoms in total. The Morgan fingerprint density at radius 3 is 2.11 bits per heavy atom. The summed E-state index contributed by atoms with van der Waals surface area (Å²) in [5.74, 6) is -0.587. The minimum Gasteiger partial charge on any atom is -0.509 e. The Kier molecular flexibility index (Phi) is 5.65. The van der Waals surface area contributed by atoms with Crippen LogP contribution >= 0.6 is 0 Å². The molecular weight excluding hydrogens is 252 g/mol. The molecule has 6 heteroatoms. The summed E-state index contributed by atoms with van der Waals surface area (Å²) in [5, 5.41) is 47.1. The number of hydrogen-bond donors (Lipinski definition) is 5. The molecule has 0 heterocycles. The third-order valence-electron chi connectivity index (χ3n) is 2.58. The fourth-order valence-corrected chi connectivity index (χ4v) is 1.45. The normalized spacial score (nSPS) is 18.4. The topological polar surface area (TPSA) is 118 Å². The quantitative estimate of drug-likeness (QED) is 0.341. The summed E-state index contributed by atoms with van der Waals surface area (Å²) in [6, 6.07) is 8.52. The van der Waals surface area contributed by atoms with Crippen molar-refractivity contribution in [1.29, 1.82) is 0 Å². The van der Waals surface area contributed by atoms with Gasteiger partial charge in [0.1, 0.15) is 30.2 Å². The highest BCUT2D eigenvalue weighted by Crippen LogP contribution is 2.13. The maximum absolute atomic E-state index is 10.3. The van der Waals surface area contributed by atoms with Crippen molar-refractivity contribution < 1.29 is 30.3 Å². The summed E-state index contributed by atoms with van der Waals surface area (Å²) in [7, 11) is 0. The fraction of sp³-hybridized carbons (Fsp3) is 0.308. The van der Waals surface area contributed by atoms with Gasteiger partial charge in [0, 0.05) is 0 Å². The van der Waals surface area contributed by atoms with Crippen molar-refractivity contribution in [2.24, 2.45) is 0 Å². The lowest BCUT2D eigenvalue weighted by Gasteiger charge is -2.23. The van der Waals surface area contributed by atoms with Crippen LogP contribution in [0.25, 0.3) is 6.08 Å². The zero-order chi connectivity index (χ0) is 14.4. The van der Waals surface area contributed by atoms with Crippen LogP contribution in [0.2, 0.25) is 0 Å². The van der Waals surface area contributed by atoms with Crippen molar-refractivity contribution in [3.05, 3.63) is 41.7 Å². The van der Waals surface area contributed by atoms with Gasteiger partial charge in [-0.1, -0.05) is 30.3 Å². The van der Waals surface area contributed by atoms with Crippen LogP contribution in [0, 0.1) is 0 Å². The van der Waals surface area contributed by atoms with Gasteiger partial charge < -0.3 is 30.3 Å². The maximum Gasteiger partial charge on any atom is 0.151 e. The SMILES string of the molecule is O=CC(O)C(O)C(O)C(O)C(O)=Cc1ccccc1. The van der Waals surface area contributed by atoms with Crippen LogP contribution in [0.4, 0.5) is 0 Å². The number of carbonyl (C=O) groups is 1. The minimum absolute atomic E-state index is 0.0264. The molecule has 5 N–H and O–H groups in total. The molecular formula is C13H16O6. The third kappa shape index (κ3) is 4.15. The first-order valence-electron chi connectivity index (χ1n) is 5.60. The number of carbonyl (C=O) groups excluding carboxylic acids is 1. The number of hydrogen-bond acceptors (Lipinski definition) is 6. The second kappa shape index (κ2) is 7.01. The van der Waals surface area contributed by atoms with E-state index in [1.165, 1.54) is 6.08 Å². The van der Waals surface area contributed by atoms with E-state index in [1.54, 1.807) is 30.3 Å². The highest BCUT2D eigenvalue weighted by molar-refractivity contribution is 5.57. The van der Waals surface area contributed by atoms with E-state index in [0.717, 1.165) is 0 Å². The Labute approximate surface area is 109 Å². The fourth-order valence-electron chi connectivity index (χ4n) is 1.45. The highest BCUT2D eigenvalue weighted by Gasteiger charge is 2.32. The molecule has 0 aromatic heterocycles. The molecule has 0 aliphatic rings. The number of aliphatic hydroxyl groups excluding tert-OH is 5. The van der Waals surface area contributed by atoms with Gasteiger partial charge in [-0.15, -0.1) is 0 Å². The summed E-state index contributed by atoms with van der Waals surface area (Å²) in [5.41, 5.74) is 0.580. The average Bonchev–Trinajstić information content (AvgIpc) is 2.44. The first-order valence-corrected chi connectivity index (χ1v) is 5.60. The van der Waals surface area contributed by atoms with E-state index < -0.39 is 30.2 Å². The van der Waals surface area contributed by atoms with Crippen LogP contribution in [-0.2, 0) is 4.79 Å². The first-order chi connectivity index (χ1) is 8.97. The molecule has 1 rings (SSSR count). The van der Waals surface area contributed by atoms with Crippen molar-refractivity contribution in [3.8, 4) is 0 Å². The van der Waals surface area contributed by atoms with Crippen LogP contribution in [0.3, 0.4) is 0 Å². The molecule has 104 valence electrons. The number of aliphatic hydroxyl groups is 5. The summed E-state index contributed by atoms with van der Waals surface area (Å²) in [4.78, 5) is 10.3. The van der Waals surface area contributed by atoms with Crippen LogP contribution in [0.15, 0.2) is 36.1 Å². The first kappa shape index (κ1) is 15.3. The van der Waals surface area contributed by atoms with E-state index in [-0.39, 0.29) is 6.29 Å². The van der Waals surface area contributed by atoms with Crippen LogP contribution in [-0.4, -0.2) is 56.2 Å². The van der Waals surface area contributed by atoms with Gasteiger partial charge in [0.2, 0.25) is 0 Å². The van der Waals surface area contributed by atoms with E-state index in [9.17, 15) is 25.2 Å². The summed E-state index contributed by atoms with van der Waals surface area (Å²) in [6.07, 6.45) is -6.20. The summed E-state index contributed by atoms with van der Waals surface area (Å²) < 4.78 is 0. The molecule has 4 unspecified atom stereocenters. The van der Waals surface area contributed by atoms with E-state index >= 15 is 0 Å². The molecule has 0 aliphatic carbocycles. The van der Waals surface area contributed by atoms with Gasteiger partial charge in [0.25, 0.3) is 0 Å². The Morgan fingerprint density at radius 2 is 1.58 bits per heavy atom. The van der Waals surface area contributed by atoms with E-state index in [0.29, 0.717) is 5.56 Å². The minimum atomic E-state index is -1.89. The summed E-state index contributed by atoms with van der Waals surface area (Å²) in [6.45, 7) is 0. The van der Waals surface area contributed by atoms with Gasteiger partial charge in [-0.2, -0.15) is 0 Å². The Hall–Kier alpha value is -1.73. The van der Waals surface area contributed by atoms with E-state index in [1.807, 2.05) is 0 Å². The molecule has 0 fully saturated rings. The van der Waals surface area contributed by atoms with Crippen molar-refractivity contribution in [2.75, 3.05) is 0 Å². The zero-order valence-corrected chi connectivity index (χ0v) is 10.00. The molecule has 4 atom stereocenters. The molecule has 0 spiro atoms. The monoisotopic (exact) mass is 268 g/mol. The van der Waals surface area contributed by atoms with Gasteiger partial charge in [-0.3, -0.25) is 0 Å². The standard InChI is InChI=1S/C13H16O6/c14-7-10(16)12(18)13(19)11(17)9(15)6-8-4-2-1-3-5-8/h1-7,10-13,15-19H. The second-order valence-electron chi connectivity index (χ2n) is 4.03. The van der Waals surface area contributed by atoms with Gasteiger partial charge in [0.05, 0.1) is 0 Å². The van der Waals surface area contributed by atoms with Crippen molar-refractivity contribution in [2.45, 2.75) is 24.4 Å². The van der Waals surface area contributed by atoms with E-state index in [2.05, 4.69) is 0 Å². The molecule has 1 aromatic rings. The summed E-state index contributed by atoms with van der Waals surface area (Å²) >= 11 is 0. The molecule has 0 radical (unpaired) electrons. The second-order valence-corrected chi connectivity index (χ2v) is 4.03. The third-order valence-corrected chi connectivity index (χ3v) is 2.58. The molecule has 0 saturated carbocycles. The van der Waals surface area contributed by atoms with Crippen LogP contribution in [0.5, 0.6) is 0 Å². The van der Waals surface area contributed by atoms with Gasteiger partial charge in [0.15, 0.2) is 6.29 Å². The largest absolute Gasteiger partial charge is 0.509 e. The maximum atomic E-state index is 10.3. The van der Waals surface area contributed by atoms with Gasteiger partial charge in [-0.05, 0) is 11.6 Å². The zero-order valence-electron chi connectivity index (χ0n) is 10.00. The molecule has 0 amide bonds. The van der Waals surface area contributed by atoms with Crippen LogP contribution < -0.4 is 0 Å². The molecule has 19 heavy (non-hydrogen) atoms. The molecule has 0 bridgehead atoms. The Bertz CT molecular complexity index is 430. The number of rotatable bonds is 6. The molecule has 0 saturated heterocycles. The van der Waals surface area contributed by atoms with Crippen molar-refractivity contribution >= 4 is 12.4 Å². The Balaban J connectivity index is 2.79. The number of aldehydes is 1. The van der Waals surface area contributed by atoms with Crippen molar-refractivity contribution in [3.63, 3.8) is 0 Å². The molecule has 0 aliphatic heterocycles. The van der Waals surface area contributed by atoms with E-state index in [4.69, 9.17) is 5.11 Å². The average molecular weight is 268 g/mol. The Morgan fingerprint density at radius 1 is 1.00 bits per heavy atom. The highest BCUT2D eigenvalue weighted by atomic mass is 16.4. The smallest absolute Gasteiger partial charge is 0.151 e. The predicted octanol–water partition coefficient (Wildman–Crippen LogP) is -0.772. The van der Waals surface area contributed by atoms with Crippen molar-refractivity contribution in [1.82, 2.24) is 0 Å². The lowest BCUT2D eigenvalue weighted by atomic mass is 10.0. The lowest BCUT2D eigenvalue weighted by Crippen LogP contribution is -2.45. The van der Waals surface area contributed by atoms with Crippen LogP contribution in [0.1, 0.15) is 5.56 Å². The predicted molar refractivity (Wildman–Crippen MR) is 67.1 cm³/mol. The van der Waals surface area contributed by atoms with Gasteiger partial charge >= 0.3 is 0 Å². The lowest BCUT2D eigenvalue weighted by molar-refractivity contribution is -0.132. The van der Waals surface area contributed by atoms with Gasteiger partial charge in [-0.25, -0.2) is 0 Å². The number of benzene rings is 1. The molecule has 1 aromatic carbocycles.